The highest BCUT2D eigenvalue weighted by Crippen LogP contribution is 2.22. The maximum Gasteiger partial charge on any atom is 0.325 e. The van der Waals surface area contributed by atoms with Gasteiger partial charge in [0.2, 0.25) is 5.91 Å². The summed E-state index contributed by atoms with van der Waals surface area (Å²) in [6.45, 7) is 3.69. The molecule has 0 aromatic heterocycles. The van der Waals surface area contributed by atoms with E-state index in [2.05, 4.69) is 5.32 Å². The zero-order valence-electron chi connectivity index (χ0n) is 9.58. The molecule has 3 N–H and O–H groups in total. The van der Waals surface area contributed by atoms with Crippen LogP contribution in [0, 0.1) is 0 Å². The van der Waals surface area contributed by atoms with E-state index in [0.717, 1.165) is 11.3 Å². The Labute approximate surface area is 94.2 Å². The van der Waals surface area contributed by atoms with Crippen molar-refractivity contribution in [3.05, 3.63) is 0 Å². The van der Waals surface area contributed by atoms with Gasteiger partial charge in [-0.2, -0.15) is 0 Å². The Morgan fingerprint density at radius 3 is 2.62 bits per heavy atom. The average Bonchev–Trinajstić information content (AvgIpc) is 2.36. The molecule has 0 aliphatic carbocycles. The van der Waals surface area contributed by atoms with Gasteiger partial charge in [-0.1, -0.05) is 13.3 Å². The number of hydrogen-bond donors (Lipinski definition) is 2. The van der Waals surface area contributed by atoms with E-state index in [1.54, 1.807) is 6.92 Å². The molecule has 1 atom stereocenters. The van der Waals surface area contributed by atoms with Gasteiger partial charge >= 0.3 is 6.03 Å². The van der Waals surface area contributed by atoms with Crippen LogP contribution in [0.25, 0.3) is 0 Å². The van der Waals surface area contributed by atoms with Gasteiger partial charge < -0.3 is 11.1 Å². The fraction of sp³-hybridized carbons (Fsp3) is 0.700. The molecule has 1 fully saturated rings. The monoisotopic (exact) mass is 227 g/mol. The van der Waals surface area contributed by atoms with Gasteiger partial charge in [0.1, 0.15) is 5.54 Å². The smallest absolute Gasteiger partial charge is 0.325 e. The SMILES string of the molecule is CCCC1(C)NC(=O)N(CCC(N)=O)C1=O. The van der Waals surface area contributed by atoms with Gasteiger partial charge in [-0.25, -0.2) is 4.79 Å². The molecule has 0 radical (unpaired) electrons. The number of rotatable bonds is 5. The highest BCUT2D eigenvalue weighted by Gasteiger charge is 2.46. The zero-order chi connectivity index (χ0) is 12.3. The van der Waals surface area contributed by atoms with Crippen molar-refractivity contribution in [3.8, 4) is 0 Å². The van der Waals surface area contributed by atoms with Crippen molar-refractivity contribution in [1.82, 2.24) is 10.2 Å². The molecule has 1 saturated heterocycles. The first kappa shape index (κ1) is 12.5. The van der Waals surface area contributed by atoms with Crippen LogP contribution in [-0.4, -0.2) is 34.8 Å². The molecule has 1 heterocycles. The molecule has 0 bridgehead atoms. The standard InChI is InChI=1S/C10H17N3O3/c1-3-5-10(2)8(15)13(9(16)12-10)6-4-7(11)14/h3-6H2,1-2H3,(H2,11,14)(H,12,16). The van der Waals surface area contributed by atoms with Gasteiger partial charge in [0.25, 0.3) is 5.91 Å². The summed E-state index contributed by atoms with van der Waals surface area (Å²) in [7, 11) is 0. The van der Waals surface area contributed by atoms with Crippen LogP contribution in [0.3, 0.4) is 0 Å². The molecule has 0 saturated carbocycles. The first-order valence-corrected chi connectivity index (χ1v) is 5.33. The molecule has 90 valence electrons. The molecule has 16 heavy (non-hydrogen) atoms. The summed E-state index contributed by atoms with van der Waals surface area (Å²) in [6, 6.07) is -0.442. The number of nitrogens with zero attached hydrogens (tertiary/aromatic N) is 1. The Kier molecular flexibility index (Phi) is 3.51. The summed E-state index contributed by atoms with van der Waals surface area (Å²) in [5, 5.41) is 2.64. The number of nitrogens with one attached hydrogen (secondary N) is 1. The highest BCUT2D eigenvalue weighted by molar-refractivity contribution is 6.06. The van der Waals surface area contributed by atoms with Crippen molar-refractivity contribution >= 4 is 17.8 Å². The van der Waals surface area contributed by atoms with Crippen LogP contribution in [0.2, 0.25) is 0 Å². The second kappa shape index (κ2) is 4.51. The molecule has 1 unspecified atom stereocenters. The van der Waals surface area contributed by atoms with E-state index in [9.17, 15) is 14.4 Å². The molecule has 0 aromatic carbocycles. The summed E-state index contributed by atoms with van der Waals surface area (Å²) in [5.41, 5.74) is 4.15. The van der Waals surface area contributed by atoms with E-state index in [1.807, 2.05) is 6.92 Å². The summed E-state index contributed by atoms with van der Waals surface area (Å²) < 4.78 is 0. The number of imide groups is 1. The van der Waals surface area contributed by atoms with E-state index in [4.69, 9.17) is 5.73 Å². The zero-order valence-corrected chi connectivity index (χ0v) is 9.58. The first-order valence-electron chi connectivity index (χ1n) is 5.33. The van der Waals surface area contributed by atoms with E-state index in [0.29, 0.717) is 6.42 Å². The minimum absolute atomic E-state index is 0.00135. The first-order chi connectivity index (χ1) is 7.40. The van der Waals surface area contributed by atoms with E-state index in [-0.39, 0.29) is 18.9 Å². The molecule has 6 nitrogen and oxygen atoms in total. The third-order valence-corrected chi connectivity index (χ3v) is 2.68. The summed E-state index contributed by atoms with van der Waals surface area (Å²) >= 11 is 0. The largest absolute Gasteiger partial charge is 0.370 e. The predicted octanol–water partition coefficient (Wildman–Crippen LogP) is -0.0276. The Balaban J connectivity index is 2.71. The van der Waals surface area contributed by atoms with Crippen LogP contribution in [0.1, 0.15) is 33.1 Å². The van der Waals surface area contributed by atoms with Crippen molar-refractivity contribution in [2.75, 3.05) is 6.54 Å². The van der Waals surface area contributed by atoms with Crippen LogP contribution in [-0.2, 0) is 9.59 Å². The number of hydrogen-bond acceptors (Lipinski definition) is 3. The number of carbonyl (C=O) groups excluding carboxylic acids is 3. The summed E-state index contributed by atoms with van der Waals surface area (Å²) in [6.07, 6.45) is 1.39. The lowest BCUT2D eigenvalue weighted by molar-refractivity contribution is -0.131. The number of amides is 4. The fourth-order valence-corrected chi connectivity index (χ4v) is 1.84. The van der Waals surface area contributed by atoms with Gasteiger partial charge in [0.15, 0.2) is 0 Å². The van der Waals surface area contributed by atoms with Crippen molar-refractivity contribution < 1.29 is 14.4 Å². The van der Waals surface area contributed by atoms with Crippen molar-refractivity contribution in [3.63, 3.8) is 0 Å². The topological polar surface area (TPSA) is 92.5 Å². The predicted molar refractivity (Wildman–Crippen MR) is 57.4 cm³/mol. The second-order valence-corrected chi connectivity index (χ2v) is 4.19. The van der Waals surface area contributed by atoms with Crippen LogP contribution in [0.4, 0.5) is 4.79 Å². The van der Waals surface area contributed by atoms with E-state index >= 15 is 0 Å². The van der Waals surface area contributed by atoms with Crippen LogP contribution < -0.4 is 11.1 Å². The Morgan fingerprint density at radius 2 is 2.12 bits per heavy atom. The minimum Gasteiger partial charge on any atom is -0.370 e. The van der Waals surface area contributed by atoms with Gasteiger partial charge in [-0.3, -0.25) is 14.5 Å². The summed E-state index contributed by atoms with van der Waals surface area (Å²) in [4.78, 5) is 35.1. The average molecular weight is 227 g/mol. The van der Waals surface area contributed by atoms with Gasteiger partial charge in [0, 0.05) is 13.0 Å². The Morgan fingerprint density at radius 1 is 1.50 bits per heavy atom. The summed E-state index contributed by atoms with van der Waals surface area (Å²) in [5.74, 6) is -0.801. The van der Waals surface area contributed by atoms with Gasteiger partial charge in [-0.05, 0) is 13.3 Å². The van der Waals surface area contributed by atoms with E-state index < -0.39 is 17.5 Å². The molecule has 6 heteroatoms. The fourth-order valence-electron chi connectivity index (χ4n) is 1.84. The van der Waals surface area contributed by atoms with Crippen LogP contribution >= 0.6 is 0 Å². The molecule has 1 rings (SSSR count). The van der Waals surface area contributed by atoms with Crippen molar-refractivity contribution in [1.29, 1.82) is 0 Å². The number of nitrogens with two attached hydrogens (primary N) is 1. The minimum atomic E-state index is -0.830. The van der Waals surface area contributed by atoms with Crippen LogP contribution in [0.5, 0.6) is 0 Å². The molecule has 1 aliphatic rings. The highest BCUT2D eigenvalue weighted by atomic mass is 16.2. The lowest BCUT2D eigenvalue weighted by Gasteiger charge is -2.20. The Bertz CT molecular complexity index is 329. The van der Waals surface area contributed by atoms with Gasteiger partial charge in [0.05, 0.1) is 0 Å². The number of carbonyl (C=O) groups is 3. The normalized spacial score (nSPS) is 24.8. The molecular weight excluding hydrogens is 210 g/mol. The maximum absolute atomic E-state index is 11.9. The molecule has 0 aromatic rings. The maximum atomic E-state index is 11.9. The molecule has 1 aliphatic heterocycles. The van der Waals surface area contributed by atoms with Crippen molar-refractivity contribution in [2.45, 2.75) is 38.6 Å². The molecular formula is C10H17N3O3. The number of primary amides is 1. The molecule has 4 amide bonds. The second-order valence-electron chi connectivity index (χ2n) is 4.19. The third kappa shape index (κ3) is 2.32. The third-order valence-electron chi connectivity index (χ3n) is 2.68. The van der Waals surface area contributed by atoms with Crippen LogP contribution in [0.15, 0.2) is 0 Å². The quantitative estimate of drug-likeness (QED) is 0.646. The number of urea groups is 1. The van der Waals surface area contributed by atoms with Crippen molar-refractivity contribution in [2.24, 2.45) is 5.73 Å². The Hall–Kier alpha value is -1.59. The lowest BCUT2D eigenvalue weighted by Crippen LogP contribution is -2.43. The van der Waals surface area contributed by atoms with E-state index in [1.165, 1.54) is 0 Å². The van der Waals surface area contributed by atoms with Gasteiger partial charge in [-0.15, -0.1) is 0 Å². The molecule has 0 spiro atoms. The lowest BCUT2D eigenvalue weighted by atomic mass is 9.96.